The molecule has 0 spiro atoms. The van der Waals surface area contributed by atoms with Gasteiger partial charge in [0.25, 0.3) is 0 Å². The summed E-state index contributed by atoms with van der Waals surface area (Å²) in [6, 6.07) is 4.07. The van der Waals surface area contributed by atoms with Gasteiger partial charge in [-0.3, -0.25) is 4.79 Å². The zero-order valence-corrected chi connectivity index (χ0v) is 13.0. The van der Waals surface area contributed by atoms with Crippen molar-refractivity contribution in [2.24, 2.45) is 0 Å². The second-order valence-electron chi connectivity index (χ2n) is 4.15. The van der Waals surface area contributed by atoms with Crippen LogP contribution in [0.3, 0.4) is 0 Å². The predicted molar refractivity (Wildman–Crippen MR) is 78.8 cm³/mol. The highest BCUT2D eigenvalue weighted by molar-refractivity contribution is 8.00. The third kappa shape index (κ3) is 3.92. The number of hydrogen-bond donors (Lipinski definition) is 1. The van der Waals surface area contributed by atoms with Gasteiger partial charge in [0.2, 0.25) is 11.1 Å². The molecule has 1 amide bonds. The van der Waals surface area contributed by atoms with Crippen LogP contribution in [0.2, 0.25) is 5.02 Å². The van der Waals surface area contributed by atoms with Crippen LogP contribution in [-0.2, 0) is 11.3 Å². The summed E-state index contributed by atoms with van der Waals surface area (Å²) >= 11 is 6.87. The molecule has 0 aliphatic carbocycles. The standard InChI is InChI=1S/C12H13ClFN5OS/c1-3-19-12(16-17-18-19)21-7(2)11(20)15-10-5-4-8(13)6-9(10)14/h4-7H,3H2,1-2H3,(H,15,20). The van der Waals surface area contributed by atoms with Crippen LogP contribution in [0, 0.1) is 5.82 Å². The molecular weight excluding hydrogens is 317 g/mol. The average molecular weight is 330 g/mol. The maximum atomic E-state index is 13.6. The molecule has 112 valence electrons. The third-order valence-corrected chi connectivity index (χ3v) is 3.94. The molecule has 1 aromatic carbocycles. The van der Waals surface area contributed by atoms with E-state index in [1.807, 2.05) is 6.92 Å². The summed E-state index contributed by atoms with van der Waals surface area (Å²) in [5, 5.41) is 14.0. The Labute approximate surface area is 130 Å². The highest BCUT2D eigenvalue weighted by Gasteiger charge is 2.19. The topological polar surface area (TPSA) is 72.7 Å². The second-order valence-corrected chi connectivity index (χ2v) is 5.90. The molecule has 1 heterocycles. The molecule has 0 saturated heterocycles. The van der Waals surface area contributed by atoms with Crippen LogP contribution in [0.25, 0.3) is 0 Å². The molecule has 0 aliphatic rings. The number of anilines is 1. The molecule has 1 aromatic heterocycles. The molecule has 2 aromatic rings. The first-order valence-corrected chi connectivity index (χ1v) is 7.45. The van der Waals surface area contributed by atoms with E-state index in [4.69, 9.17) is 11.6 Å². The molecule has 0 aliphatic heterocycles. The predicted octanol–water partition coefficient (Wildman–Crippen LogP) is 2.60. The quantitative estimate of drug-likeness (QED) is 0.854. The molecule has 1 unspecified atom stereocenters. The zero-order valence-electron chi connectivity index (χ0n) is 11.4. The summed E-state index contributed by atoms with van der Waals surface area (Å²) in [4.78, 5) is 12.1. The van der Waals surface area contributed by atoms with Gasteiger partial charge in [-0.15, -0.1) is 5.10 Å². The van der Waals surface area contributed by atoms with Gasteiger partial charge in [0.1, 0.15) is 5.82 Å². The second kappa shape index (κ2) is 6.86. The van der Waals surface area contributed by atoms with Crippen LogP contribution in [0.15, 0.2) is 23.4 Å². The molecule has 6 nitrogen and oxygen atoms in total. The number of carbonyl (C=O) groups excluding carboxylic acids is 1. The Balaban J connectivity index is 2.02. The minimum Gasteiger partial charge on any atom is -0.323 e. The number of thioether (sulfide) groups is 1. The Kier molecular flexibility index (Phi) is 5.13. The van der Waals surface area contributed by atoms with Gasteiger partial charge in [0, 0.05) is 11.6 Å². The first-order chi connectivity index (χ1) is 10.0. The highest BCUT2D eigenvalue weighted by Crippen LogP contribution is 2.23. The van der Waals surface area contributed by atoms with Gasteiger partial charge in [-0.25, -0.2) is 9.07 Å². The van der Waals surface area contributed by atoms with E-state index in [0.717, 1.165) is 6.07 Å². The SMILES string of the molecule is CCn1nnnc1SC(C)C(=O)Nc1ccc(Cl)cc1F. The van der Waals surface area contributed by atoms with E-state index in [2.05, 4.69) is 20.8 Å². The molecule has 0 saturated carbocycles. The first kappa shape index (κ1) is 15.7. The number of halogens is 2. The lowest BCUT2D eigenvalue weighted by Crippen LogP contribution is -2.23. The van der Waals surface area contributed by atoms with Crippen molar-refractivity contribution in [2.45, 2.75) is 30.8 Å². The van der Waals surface area contributed by atoms with E-state index in [-0.39, 0.29) is 16.6 Å². The van der Waals surface area contributed by atoms with Crippen LogP contribution in [-0.4, -0.2) is 31.4 Å². The Morgan fingerprint density at radius 2 is 2.33 bits per heavy atom. The van der Waals surface area contributed by atoms with Crippen molar-refractivity contribution in [3.05, 3.63) is 29.0 Å². The van der Waals surface area contributed by atoms with Crippen molar-refractivity contribution in [3.8, 4) is 0 Å². The highest BCUT2D eigenvalue weighted by atomic mass is 35.5. The number of amides is 1. The largest absolute Gasteiger partial charge is 0.323 e. The summed E-state index contributed by atoms with van der Waals surface area (Å²) in [5.41, 5.74) is 0.0898. The monoisotopic (exact) mass is 329 g/mol. The van der Waals surface area contributed by atoms with Gasteiger partial charge < -0.3 is 5.32 Å². The summed E-state index contributed by atoms with van der Waals surface area (Å²) in [7, 11) is 0. The fraction of sp³-hybridized carbons (Fsp3) is 0.333. The lowest BCUT2D eigenvalue weighted by atomic mass is 10.3. The Hall–Kier alpha value is -1.67. The van der Waals surface area contributed by atoms with Crippen molar-refractivity contribution in [1.29, 1.82) is 0 Å². The van der Waals surface area contributed by atoms with E-state index in [1.54, 1.807) is 11.6 Å². The summed E-state index contributed by atoms with van der Waals surface area (Å²) in [5.74, 6) is -0.918. The summed E-state index contributed by atoms with van der Waals surface area (Å²) < 4.78 is 15.2. The van der Waals surface area contributed by atoms with Gasteiger partial charge in [-0.1, -0.05) is 23.4 Å². The van der Waals surface area contributed by atoms with E-state index < -0.39 is 11.1 Å². The molecule has 1 atom stereocenters. The minimum absolute atomic E-state index is 0.0898. The Morgan fingerprint density at radius 3 is 3.00 bits per heavy atom. The van der Waals surface area contributed by atoms with Crippen molar-refractivity contribution in [1.82, 2.24) is 20.2 Å². The lowest BCUT2D eigenvalue weighted by Gasteiger charge is -2.12. The van der Waals surface area contributed by atoms with Crippen molar-refractivity contribution < 1.29 is 9.18 Å². The number of aryl methyl sites for hydroxylation is 1. The molecule has 2 rings (SSSR count). The number of benzene rings is 1. The summed E-state index contributed by atoms with van der Waals surface area (Å²) in [6.07, 6.45) is 0. The molecule has 0 radical (unpaired) electrons. The van der Waals surface area contributed by atoms with Gasteiger partial charge in [-0.05, 0) is 42.5 Å². The zero-order chi connectivity index (χ0) is 15.4. The van der Waals surface area contributed by atoms with Crippen molar-refractivity contribution in [3.63, 3.8) is 0 Å². The van der Waals surface area contributed by atoms with Crippen LogP contribution in [0.4, 0.5) is 10.1 Å². The number of nitrogens with one attached hydrogen (secondary N) is 1. The molecule has 21 heavy (non-hydrogen) atoms. The molecular formula is C12H13ClFN5OS. The number of aromatic nitrogens is 4. The van der Waals surface area contributed by atoms with E-state index in [0.29, 0.717) is 11.7 Å². The number of nitrogens with zero attached hydrogens (tertiary/aromatic N) is 4. The lowest BCUT2D eigenvalue weighted by molar-refractivity contribution is -0.115. The maximum Gasteiger partial charge on any atom is 0.237 e. The molecule has 0 fully saturated rings. The van der Waals surface area contributed by atoms with Crippen LogP contribution in [0.5, 0.6) is 0 Å². The number of tetrazole rings is 1. The van der Waals surface area contributed by atoms with Crippen molar-refractivity contribution >= 4 is 35.0 Å². The minimum atomic E-state index is -0.577. The smallest absolute Gasteiger partial charge is 0.237 e. The van der Waals surface area contributed by atoms with Crippen LogP contribution in [0.1, 0.15) is 13.8 Å². The van der Waals surface area contributed by atoms with Crippen molar-refractivity contribution in [2.75, 3.05) is 5.32 Å². The van der Waals surface area contributed by atoms with Gasteiger partial charge in [0.15, 0.2) is 0 Å². The van der Waals surface area contributed by atoms with E-state index in [1.165, 1.54) is 23.9 Å². The summed E-state index contributed by atoms with van der Waals surface area (Å²) in [6.45, 7) is 4.20. The maximum absolute atomic E-state index is 13.6. The van der Waals surface area contributed by atoms with E-state index in [9.17, 15) is 9.18 Å². The van der Waals surface area contributed by atoms with Gasteiger partial charge in [-0.2, -0.15) is 0 Å². The Morgan fingerprint density at radius 1 is 1.57 bits per heavy atom. The number of carbonyl (C=O) groups is 1. The number of rotatable bonds is 5. The third-order valence-electron chi connectivity index (χ3n) is 2.64. The average Bonchev–Trinajstić information content (AvgIpc) is 2.89. The number of hydrogen-bond acceptors (Lipinski definition) is 5. The van der Waals surface area contributed by atoms with Gasteiger partial charge in [0.05, 0.1) is 10.9 Å². The first-order valence-electron chi connectivity index (χ1n) is 6.20. The fourth-order valence-electron chi connectivity index (χ4n) is 1.52. The molecule has 1 N–H and O–H groups in total. The fourth-order valence-corrected chi connectivity index (χ4v) is 2.53. The van der Waals surface area contributed by atoms with Gasteiger partial charge >= 0.3 is 0 Å². The molecule has 9 heteroatoms. The van der Waals surface area contributed by atoms with Crippen LogP contribution < -0.4 is 5.32 Å². The normalized spacial score (nSPS) is 12.2. The molecule has 0 bridgehead atoms. The van der Waals surface area contributed by atoms with E-state index >= 15 is 0 Å². The van der Waals surface area contributed by atoms with Crippen LogP contribution >= 0.6 is 23.4 Å². The Bertz CT molecular complexity index is 650.